The number of halogens is 1. The van der Waals surface area contributed by atoms with Gasteiger partial charge in [-0.25, -0.2) is 14.4 Å². The van der Waals surface area contributed by atoms with Gasteiger partial charge in [-0.15, -0.1) is 11.3 Å². The van der Waals surface area contributed by atoms with Gasteiger partial charge in [0, 0.05) is 36.0 Å². The molecule has 4 heterocycles. The second-order valence-corrected chi connectivity index (χ2v) is 10.2. The Hall–Kier alpha value is -3.78. The lowest BCUT2D eigenvalue weighted by Gasteiger charge is -2.32. The molecule has 0 unspecified atom stereocenters. The van der Waals surface area contributed by atoms with Crippen molar-refractivity contribution < 1.29 is 13.6 Å². The van der Waals surface area contributed by atoms with Crippen LogP contribution in [-0.2, 0) is 11.3 Å². The van der Waals surface area contributed by atoms with Gasteiger partial charge in [0.25, 0.3) is 0 Å². The van der Waals surface area contributed by atoms with E-state index in [1.807, 2.05) is 12.1 Å². The second kappa shape index (κ2) is 9.35. The molecule has 8 heteroatoms. The van der Waals surface area contributed by atoms with E-state index in [2.05, 4.69) is 49.8 Å². The molecule has 0 saturated carbocycles. The first-order chi connectivity index (χ1) is 17.5. The Kier molecular flexibility index (Phi) is 5.89. The van der Waals surface area contributed by atoms with Crippen molar-refractivity contribution in [3.05, 3.63) is 77.2 Å². The van der Waals surface area contributed by atoms with Gasteiger partial charge in [-0.2, -0.15) is 0 Å². The summed E-state index contributed by atoms with van der Waals surface area (Å²) in [6.45, 7) is 3.57. The zero-order chi connectivity index (χ0) is 24.6. The number of benzene rings is 2. The van der Waals surface area contributed by atoms with E-state index in [4.69, 9.17) is 4.42 Å². The normalized spacial score (nSPS) is 16.1. The van der Waals surface area contributed by atoms with Gasteiger partial charge in [-0.1, -0.05) is 18.2 Å². The number of thiophene rings is 1. The van der Waals surface area contributed by atoms with Crippen LogP contribution in [0.25, 0.3) is 32.5 Å². The molecular formula is C28H25FN4O2S. The predicted octanol–water partition coefficient (Wildman–Crippen LogP) is 6.08. The highest BCUT2D eigenvalue weighted by molar-refractivity contribution is 7.17. The molecule has 6 rings (SSSR count). The zero-order valence-electron chi connectivity index (χ0n) is 19.8. The maximum Gasteiger partial charge on any atom is 0.225 e. The van der Waals surface area contributed by atoms with Gasteiger partial charge in [0.05, 0.1) is 5.92 Å². The molecule has 5 aromatic rings. The average Bonchev–Trinajstić information content (AvgIpc) is 3.55. The summed E-state index contributed by atoms with van der Waals surface area (Å²) >= 11 is 1.72. The topological polar surface area (TPSA) is 71.3 Å². The number of anilines is 1. The van der Waals surface area contributed by atoms with Gasteiger partial charge in [-0.3, -0.25) is 4.79 Å². The van der Waals surface area contributed by atoms with E-state index in [0.717, 1.165) is 24.9 Å². The van der Waals surface area contributed by atoms with Crippen molar-refractivity contribution in [2.75, 3.05) is 18.0 Å². The monoisotopic (exact) mass is 500 g/mol. The number of furan rings is 1. The molecule has 2 aromatic carbocycles. The van der Waals surface area contributed by atoms with Crippen molar-refractivity contribution in [2.45, 2.75) is 26.3 Å². The van der Waals surface area contributed by atoms with Gasteiger partial charge in [0.15, 0.2) is 11.4 Å². The number of piperidine rings is 1. The molecule has 3 aromatic heterocycles. The van der Waals surface area contributed by atoms with E-state index in [-0.39, 0.29) is 17.6 Å². The van der Waals surface area contributed by atoms with Crippen LogP contribution in [0.4, 0.5) is 10.2 Å². The lowest BCUT2D eigenvalue weighted by atomic mass is 9.97. The molecule has 36 heavy (non-hydrogen) atoms. The first-order valence-electron chi connectivity index (χ1n) is 12.0. The summed E-state index contributed by atoms with van der Waals surface area (Å²) in [7, 11) is 0. The number of hydrogen-bond donors (Lipinski definition) is 1. The molecule has 1 N–H and O–H groups in total. The highest BCUT2D eigenvalue weighted by atomic mass is 32.1. The number of rotatable bonds is 5. The summed E-state index contributed by atoms with van der Waals surface area (Å²) in [4.78, 5) is 24.0. The first kappa shape index (κ1) is 22.7. The largest absolute Gasteiger partial charge is 0.450 e. The van der Waals surface area contributed by atoms with Crippen LogP contribution in [0.15, 0.2) is 64.7 Å². The third-order valence-electron chi connectivity index (χ3n) is 6.82. The van der Waals surface area contributed by atoms with Crippen LogP contribution in [0.3, 0.4) is 0 Å². The summed E-state index contributed by atoms with van der Waals surface area (Å²) in [5.41, 5.74) is 3.54. The number of nitrogens with one attached hydrogen (secondary N) is 1. The maximum absolute atomic E-state index is 14.1. The van der Waals surface area contributed by atoms with Gasteiger partial charge in [0.1, 0.15) is 23.4 Å². The maximum atomic E-state index is 14.1. The minimum absolute atomic E-state index is 0.0469. The third-order valence-corrected chi connectivity index (χ3v) is 7.72. The van der Waals surface area contributed by atoms with Crippen molar-refractivity contribution >= 4 is 44.2 Å². The number of carbonyl (C=O) groups is 1. The van der Waals surface area contributed by atoms with Gasteiger partial charge in [0.2, 0.25) is 5.91 Å². The average molecular weight is 501 g/mol. The molecule has 1 atom stereocenters. The Morgan fingerprint density at radius 1 is 1.19 bits per heavy atom. The molecule has 0 radical (unpaired) electrons. The molecule has 6 nitrogen and oxygen atoms in total. The molecule has 0 spiro atoms. The SMILES string of the molecule is Cc1ccc(-c2cc3ncnc(N4CCC[C@H](C(=O)NCc5ccc6sccc6c5)C4)c3o2)cc1F. The van der Waals surface area contributed by atoms with E-state index < -0.39 is 0 Å². The third kappa shape index (κ3) is 4.33. The summed E-state index contributed by atoms with van der Waals surface area (Å²) in [6, 6.07) is 15.2. The summed E-state index contributed by atoms with van der Waals surface area (Å²) < 4.78 is 21.5. The molecule has 1 fully saturated rings. The van der Waals surface area contributed by atoms with Crippen LogP contribution in [0.5, 0.6) is 0 Å². The van der Waals surface area contributed by atoms with Crippen molar-refractivity contribution in [1.82, 2.24) is 15.3 Å². The van der Waals surface area contributed by atoms with Crippen molar-refractivity contribution in [3.63, 3.8) is 0 Å². The molecule has 1 saturated heterocycles. The standard InChI is InChI=1S/C28H25FN4O2S/c1-17-4-6-19(12-22(17)29)24-13-23-26(35-24)27(32-16-31-23)33-9-2-3-21(15-33)28(34)30-14-18-5-7-25-20(11-18)8-10-36-25/h4-8,10-13,16,21H,2-3,9,14-15H2,1H3,(H,30,34)/t21-/m0/s1. The van der Waals surface area contributed by atoms with E-state index in [1.165, 1.54) is 22.5 Å². The molecule has 0 aliphatic carbocycles. The minimum atomic E-state index is -0.278. The lowest BCUT2D eigenvalue weighted by molar-refractivity contribution is -0.125. The number of amides is 1. The highest BCUT2D eigenvalue weighted by Gasteiger charge is 2.28. The van der Waals surface area contributed by atoms with Crippen LogP contribution >= 0.6 is 11.3 Å². The van der Waals surface area contributed by atoms with E-state index in [1.54, 1.807) is 24.3 Å². The fraction of sp³-hybridized carbons (Fsp3) is 0.250. The Labute approximate surface area is 211 Å². The summed E-state index contributed by atoms with van der Waals surface area (Å²) in [6.07, 6.45) is 3.21. The number of nitrogens with zero attached hydrogens (tertiary/aromatic N) is 3. The smallest absolute Gasteiger partial charge is 0.225 e. The lowest BCUT2D eigenvalue weighted by Crippen LogP contribution is -2.43. The minimum Gasteiger partial charge on any atom is -0.450 e. The van der Waals surface area contributed by atoms with Crippen LogP contribution in [0.1, 0.15) is 24.0 Å². The van der Waals surface area contributed by atoms with Crippen LogP contribution in [0, 0.1) is 18.7 Å². The van der Waals surface area contributed by atoms with Crippen LogP contribution < -0.4 is 10.2 Å². The van der Waals surface area contributed by atoms with E-state index in [0.29, 0.717) is 46.9 Å². The van der Waals surface area contributed by atoms with Crippen molar-refractivity contribution in [3.8, 4) is 11.3 Å². The number of aromatic nitrogens is 2. The Balaban J connectivity index is 1.19. The van der Waals surface area contributed by atoms with Crippen LogP contribution in [0.2, 0.25) is 0 Å². The second-order valence-electron chi connectivity index (χ2n) is 9.28. The molecular weight excluding hydrogens is 475 g/mol. The highest BCUT2D eigenvalue weighted by Crippen LogP contribution is 2.34. The summed E-state index contributed by atoms with van der Waals surface area (Å²) in [5.74, 6) is 0.832. The van der Waals surface area contributed by atoms with Gasteiger partial charge >= 0.3 is 0 Å². The van der Waals surface area contributed by atoms with Crippen LogP contribution in [-0.4, -0.2) is 29.0 Å². The number of fused-ring (bicyclic) bond motifs is 2. The quantitative estimate of drug-likeness (QED) is 0.316. The van der Waals surface area contributed by atoms with E-state index in [9.17, 15) is 9.18 Å². The van der Waals surface area contributed by atoms with Crippen molar-refractivity contribution in [2.24, 2.45) is 5.92 Å². The molecule has 1 aliphatic rings. The molecule has 1 amide bonds. The fourth-order valence-electron chi connectivity index (χ4n) is 4.80. The predicted molar refractivity (Wildman–Crippen MR) is 141 cm³/mol. The number of hydrogen-bond acceptors (Lipinski definition) is 6. The Bertz CT molecular complexity index is 1580. The fourth-order valence-corrected chi connectivity index (χ4v) is 5.57. The number of aryl methyl sites for hydroxylation is 1. The van der Waals surface area contributed by atoms with Crippen molar-refractivity contribution in [1.29, 1.82) is 0 Å². The van der Waals surface area contributed by atoms with Gasteiger partial charge in [-0.05, 0) is 65.9 Å². The molecule has 1 aliphatic heterocycles. The number of carbonyl (C=O) groups excluding carboxylic acids is 1. The summed E-state index contributed by atoms with van der Waals surface area (Å²) in [5, 5.41) is 6.40. The van der Waals surface area contributed by atoms with Gasteiger partial charge < -0.3 is 14.6 Å². The molecule has 182 valence electrons. The van der Waals surface area contributed by atoms with E-state index >= 15 is 0 Å². The zero-order valence-corrected chi connectivity index (χ0v) is 20.6. The first-order valence-corrected chi connectivity index (χ1v) is 12.9. The molecule has 0 bridgehead atoms. The Morgan fingerprint density at radius 3 is 3.00 bits per heavy atom. The Morgan fingerprint density at radius 2 is 2.11 bits per heavy atom.